The van der Waals surface area contributed by atoms with Gasteiger partial charge in [0.05, 0.1) is 26.4 Å². The Balaban J connectivity index is 3.73. The third-order valence-corrected chi connectivity index (χ3v) is 1.50. The van der Waals surface area contributed by atoms with Crippen LogP contribution in [-0.4, -0.2) is 63.1 Å². The number of rotatable bonds is 8. The molecule has 2 N–H and O–H groups in total. The van der Waals surface area contributed by atoms with Crippen molar-refractivity contribution in [2.75, 3.05) is 40.6 Å². The molecule has 0 aliphatic rings. The van der Waals surface area contributed by atoms with Gasteiger partial charge >= 0.3 is 0 Å². The second-order valence-electron chi connectivity index (χ2n) is 2.66. The first-order valence-corrected chi connectivity index (χ1v) is 4.13. The topological polar surface area (TPSA) is 68.2 Å². The molecule has 0 radical (unpaired) electrons. The maximum absolute atomic E-state index is 8.84. The Labute approximate surface area is 78.2 Å². The van der Waals surface area contributed by atoms with Gasteiger partial charge in [-0.1, -0.05) is 0 Å². The maximum Gasteiger partial charge on any atom is 0.104 e. The van der Waals surface area contributed by atoms with E-state index in [1.165, 1.54) is 14.2 Å². The Morgan fingerprint density at radius 2 is 1.31 bits per heavy atom. The Hall–Kier alpha value is -0.200. The summed E-state index contributed by atoms with van der Waals surface area (Å²) >= 11 is 0. The molecular formula is C8H18O5. The zero-order valence-electron chi connectivity index (χ0n) is 8.10. The summed E-state index contributed by atoms with van der Waals surface area (Å²) in [7, 11) is 3.05. The third kappa shape index (κ3) is 5.95. The molecule has 0 aromatic heterocycles. The first-order chi connectivity index (χ1) is 6.28. The second-order valence-corrected chi connectivity index (χ2v) is 2.66. The van der Waals surface area contributed by atoms with Crippen molar-refractivity contribution in [2.45, 2.75) is 12.2 Å². The minimum absolute atomic E-state index is 0.131. The summed E-state index contributed by atoms with van der Waals surface area (Å²) in [6.07, 6.45) is -0.811. The molecule has 5 heteroatoms. The fourth-order valence-electron chi connectivity index (χ4n) is 0.914. The molecule has 0 aliphatic carbocycles. The van der Waals surface area contributed by atoms with E-state index in [-0.39, 0.29) is 13.2 Å². The van der Waals surface area contributed by atoms with E-state index >= 15 is 0 Å². The smallest absolute Gasteiger partial charge is 0.104 e. The first kappa shape index (κ1) is 12.8. The average Bonchev–Trinajstić information content (AvgIpc) is 2.16. The van der Waals surface area contributed by atoms with Crippen LogP contribution in [-0.2, 0) is 14.2 Å². The molecule has 0 aromatic rings. The largest absolute Gasteiger partial charge is 0.394 e. The van der Waals surface area contributed by atoms with E-state index in [4.69, 9.17) is 24.4 Å². The van der Waals surface area contributed by atoms with Crippen LogP contribution in [0.1, 0.15) is 0 Å². The van der Waals surface area contributed by atoms with Crippen LogP contribution in [0.15, 0.2) is 0 Å². The van der Waals surface area contributed by atoms with Crippen molar-refractivity contribution in [3.8, 4) is 0 Å². The van der Waals surface area contributed by atoms with Crippen LogP contribution in [0.2, 0.25) is 0 Å². The van der Waals surface area contributed by atoms with Crippen LogP contribution >= 0.6 is 0 Å². The molecule has 0 aliphatic heterocycles. The van der Waals surface area contributed by atoms with Crippen LogP contribution in [0.25, 0.3) is 0 Å². The Kier molecular flexibility index (Phi) is 8.27. The van der Waals surface area contributed by atoms with E-state index in [0.29, 0.717) is 13.2 Å². The minimum Gasteiger partial charge on any atom is -0.394 e. The third-order valence-electron chi connectivity index (χ3n) is 1.50. The molecule has 0 amide bonds. The van der Waals surface area contributed by atoms with Gasteiger partial charge in [0.25, 0.3) is 0 Å². The van der Waals surface area contributed by atoms with Crippen molar-refractivity contribution in [3.63, 3.8) is 0 Å². The average molecular weight is 194 g/mol. The van der Waals surface area contributed by atoms with Gasteiger partial charge in [0.15, 0.2) is 0 Å². The van der Waals surface area contributed by atoms with Crippen molar-refractivity contribution in [2.24, 2.45) is 0 Å². The van der Waals surface area contributed by atoms with Crippen LogP contribution in [0, 0.1) is 0 Å². The molecule has 0 bridgehead atoms. The highest BCUT2D eigenvalue weighted by Gasteiger charge is 2.14. The number of aliphatic hydroxyl groups is 2. The number of hydrogen-bond donors (Lipinski definition) is 2. The zero-order valence-corrected chi connectivity index (χ0v) is 8.10. The van der Waals surface area contributed by atoms with Gasteiger partial charge in [-0.3, -0.25) is 0 Å². The number of methoxy groups -OCH3 is 2. The van der Waals surface area contributed by atoms with Crippen molar-refractivity contribution < 1.29 is 24.4 Å². The Morgan fingerprint density at radius 3 is 1.54 bits per heavy atom. The summed E-state index contributed by atoms with van der Waals surface area (Å²) < 4.78 is 14.9. The molecule has 13 heavy (non-hydrogen) atoms. The Bertz CT molecular complexity index is 96.7. The van der Waals surface area contributed by atoms with Crippen LogP contribution < -0.4 is 0 Å². The summed E-state index contributed by atoms with van der Waals surface area (Å²) in [6, 6.07) is 0. The van der Waals surface area contributed by atoms with Gasteiger partial charge in [0.2, 0.25) is 0 Å². The lowest BCUT2D eigenvalue weighted by Crippen LogP contribution is -2.33. The predicted molar refractivity (Wildman–Crippen MR) is 46.6 cm³/mol. The van der Waals surface area contributed by atoms with Crippen molar-refractivity contribution in [1.29, 1.82) is 0 Å². The summed E-state index contributed by atoms with van der Waals surface area (Å²) in [5, 5.41) is 17.7. The molecule has 0 rings (SSSR count). The lowest BCUT2D eigenvalue weighted by Gasteiger charge is -2.20. The van der Waals surface area contributed by atoms with E-state index in [1.807, 2.05) is 0 Å². The predicted octanol–water partition coefficient (Wildman–Crippen LogP) is -0.982. The van der Waals surface area contributed by atoms with Crippen LogP contribution in [0.3, 0.4) is 0 Å². The molecule has 0 fully saturated rings. The van der Waals surface area contributed by atoms with Gasteiger partial charge in [0.1, 0.15) is 12.2 Å². The quantitative estimate of drug-likeness (QED) is 0.519. The van der Waals surface area contributed by atoms with E-state index in [1.54, 1.807) is 0 Å². The molecular weight excluding hydrogens is 176 g/mol. The monoisotopic (exact) mass is 194 g/mol. The normalized spacial score (nSPS) is 15.7. The molecule has 0 heterocycles. The Morgan fingerprint density at radius 1 is 0.923 bits per heavy atom. The van der Waals surface area contributed by atoms with Gasteiger partial charge < -0.3 is 24.4 Å². The van der Waals surface area contributed by atoms with Gasteiger partial charge in [-0.15, -0.1) is 0 Å². The summed E-state index contributed by atoms with van der Waals surface area (Å²) in [4.78, 5) is 0. The first-order valence-electron chi connectivity index (χ1n) is 4.13. The fraction of sp³-hybridized carbons (Fsp3) is 1.00. The number of hydrogen-bond acceptors (Lipinski definition) is 5. The summed E-state index contributed by atoms with van der Waals surface area (Å²) in [5.74, 6) is 0. The van der Waals surface area contributed by atoms with Crippen molar-refractivity contribution in [1.82, 2.24) is 0 Å². The highest BCUT2D eigenvalue weighted by atomic mass is 16.6. The van der Waals surface area contributed by atoms with Gasteiger partial charge in [-0.05, 0) is 0 Å². The lowest BCUT2D eigenvalue weighted by molar-refractivity contribution is -0.106. The molecule has 0 spiro atoms. The van der Waals surface area contributed by atoms with E-state index in [9.17, 15) is 0 Å². The number of ether oxygens (including phenoxy) is 3. The lowest BCUT2D eigenvalue weighted by atomic mass is 10.3. The molecule has 2 unspecified atom stereocenters. The second kappa shape index (κ2) is 8.40. The maximum atomic E-state index is 8.84. The van der Waals surface area contributed by atoms with Crippen LogP contribution in [0.5, 0.6) is 0 Å². The van der Waals surface area contributed by atoms with Gasteiger partial charge in [-0.25, -0.2) is 0 Å². The SMILES string of the molecule is COCC(CO)OC(CO)COC. The van der Waals surface area contributed by atoms with Crippen LogP contribution in [0.4, 0.5) is 0 Å². The molecule has 80 valence electrons. The summed E-state index contributed by atoms with van der Waals surface area (Å²) in [5.41, 5.74) is 0. The highest BCUT2D eigenvalue weighted by molar-refractivity contribution is 4.60. The molecule has 0 saturated carbocycles. The minimum atomic E-state index is -0.405. The highest BCUT2D eigenvalue weighted by Crippen LogP contribution is 1.99. The zero-order chi connectivity index (χ0) is 10.1. The molecule has 2 atom stereocenters. The van der Waals surface area contributed by atoms with E-state index in [0.717, 1.165) is 0 Å². The number of aliphatic hydroxyl groups excluding tert-OH is 2. The fourth-order valence-corrected chi connectivity index (χ4v) is 0.914. The summed E-state index contributed by atoms with van der Waals surface area (Å²) in [6.45, 7) is 0.343. The van der Waals surface area contributed by atoms with Crippen molar-refractivity contribution >= 4 is 0 Å². The van der Waals surface area contributed by atoms with Crippen molar-refractivity contribution in [3.05, 3.63) is 0 Å². The van der Waals surface area contributed by atoms with Gasteiger partial charge in [-0.2, -0.15) is 0 Å². The molecule has 0 saturated heterocycles. The van der Waals surface area contributed by atoms with Gasteiger partial charge in [0, 0.05) is 14.2 Å². The molecule has 5 nitrogen and oxygen atoms in total. The van der Waals surface area contributed by atoms with E-state index in [2.05, 4.69) is 0 Å². The standard InChI is InChI=1S/C8H18O5/c1-11-5-7(3-9)13-8(4-10)6-12-2/h7-10H,3-6H2,1-2H3. The molecule has 0 aromatic carbocycles. The van der Waals surface area contributed by atoms with E-state index < -0.39 is 12.2 Å².